The lowest BCUT2D eigenvalue weighted by atomic mass is 10.1. The molecular weight excluding hydrogens is 276 g/mol. The zero-order valence-corrected chi connectivity index (χ0v) is 13.1. The van der Waals surface area contributed by atoms with E-state index in [0.717, 1.165) is 30.9 Å². The van der Waals surface area contributed by atoms with Crippen molar-refractivity contribution in [3.05, 3.63) is 29.3 Å². The van der Waals surface area contributed by atoms with E-state index < -0.39 is 0 Å². The highest BCUT2D eigenvalue weighted by Gasteiger charge is 2.23. The minimum Gasteiger partial charge on any atom is -0.484 e. The van der Waals surface area contributed by atoms with Crippen LogP contribution in [0.4, 0.5) is 0 Å². The highest BCUT2D eigenvalue weighted by atomic mass is 35.5. The number of rotatable bonds is 3. The number of hydrogen-bond acceptors (Lipinski definition) is 3. The van der Waals surface area contributed by atoms with Gasteiger partial charge in [-0.2, -0.15) is 0 Å². The van der Waals surface area contributed by atoms with E-state index in [2.05, 4.69) is 18.3 Å². The van der Waals surface area contributed by atoms with Gasteiger partial charge >= 0.3 is 0 Å². The van der Waals surface area contributed by atoms with E-state index in [-0.39, 0.29) is 31.0 Å². The summed E-state index contributed by atoms with van der Waals surface area (Å²) in [6.45, 7) is 8.70. The minimum atomic E-state index is 0. The van der Waals surface area contributed by atoms with Gasteiger partial charge in [-0.1, -0.05) is 17.7 Å². The summed E-state index contributed by atoms with van der Waals surface area (Å²) in [5, 5.41) is 3.27. The molecule has 112 valence electrons. The quantitative estimate of drug-likeness (QED) is 0.927. The summed E-state index contributed by atoms with van der Waals surface area (Å²) in [6, 6.07) is 6.23. The van der Waals surface area contributed by atoms with Gasteiger partial charge in [0, 0.05) is 25.7 Å². The molecule has 0 spiro atoms. The SMILES string of the molecule is Cc1ccc(OCC(=O)N2CCNCC2C)c(C)c1.Cl. The Morgan fingerprint density at radius 3 is 2.85 bits per heavy atom. The predicted octanol–water partition coefficient (Wildman–Crippen LogP) is 1.92. The molecule has 20 heavy (non-hydrogen) atoms. The lowest BCUT2D eigenvalue weighted by molar-refractivity contribution is -0.136. The number of amides is 1. The Kier molecular flexibility index (Phi) is 6.30. The van der Waals surface area contributed by atoms with E-state index in [4.69, 9.17) is 4.74 Å². The van der Waals surface area contributed by atoms with Gasteiger partial charge in [-0.3, -0.25) is 4.79 Å². The molecule has 1 saturated heterocycles. The molecule has 0 saturated carbocycles. The lowest BCUT2D eigenvalue weighted by Crippen LogP contribution is -2.53. The summed E-state index contributed by atoms with van der Waals surface area (Å²) in [4.78, 5) is 14.0. The molecule has 1 amide bonds. The highest BCUT2D eigenvalue weighted by Crippen LogP contribution is 2.18. The van der Waals surface area contributed by atoms with Gasteiger partial charge in [0.05, 0.1) is 0 Å². The van der Waals surface area contributed by atoms with Crippen LogP contribution in [0.5, 0.6) is 5.75 Å². The number of hydrogen-bond donors (Lipinski definition) is 1. The van der Waals surface area contributed by atoms with Gasteiger partial charge in [-0.25, -0.2) is 0 Å². The van der Waals surface area contributed by atoms with Gasteiger partial charge in [0.15, 0.2) is 6.61 Å². The van der Waals surface area contributed by atoms with Crippen LogP contribution in [0.1, 0.15) is 18.1 Å². The van der Waals surface area contributed by atoms with Crippen LogP contribution >= 0.6 is 12.4 Å². The average Bonchev–Trinajstić information content (AvgIpc) is 2.38. The first-order valence-electron chi connectivity index (χ1n) is 6.78. The molecule has 0 radical (unpaired) electrons. The van der Waals surface area contributed by atoms with Gasteiger partial charge in [-0.15, -0.1) is 12.4 Å². The van der Waals surface area contributed by atoms with Gasteiger partial charge < -0.3 is 15.0 Å². The number of benzene rings is 1. The molecule has 0 aromatic heterocycles. The van der Waals surface area contributed by atoms with Crippen LogP contribution < -0.4 is 10.1 Å². The summed E-state index contributed by atoms with van der Waals surface area (Å²) in [5.41, 5.74) is 2.27. The van der Waals surface area contributed by atoms with Crippen LogP contribution in [-0.2, 0) is 4.79 Å². The molecule has 2 rings (SSSR count). The molecule has 1 atom stereocenters. The fourth-order valence-electron chi connectivity index (χ4n) is 2.40. The Morgan fingerprint density at radius 2 is 2.20 bits per heavy atom. The predicted molar refractivity (Wildman–Crippen MR) is 82.7 cm³/mol. The Balaban J connectivity index is 0.00000200. The average molecular weight is 299 g/mol. The molecule has 0 bridgehead atoms. The number of piperazine rings is 1. The minimum absolute atomic E-state index is 0. The lowest BCUT2D eigenvalue weighted by Gasteiger charge is -2.33. The van der Waals surface area contributed by atoms with Crippen molar-refractivity contribution in [1.29, 1.82) is 0 Å². The fourth-order valence-corrected chi connectivity index (χ4v) is 2.40. The van der Waals surface area contributed by atoms with Crippen LogP contribution in [0.2, 0.25) is 0 Å². The molecule has 1 aromatic carbocycles. The van der Waals surface area contributed by atoms with Crippen molar-refractivity contribution in [3.63, 3.8) is 0 Å². The summed E-state index contributed by atoms with van der Waals surface area (Å²) in [6.07, 6.45) is 0. The molecule has 0 aliphatic carbocycles. The van der Waals surface area contributed by atoms with Crippen molar-refractivity contribution in [2.45, 2.75) is 26.8 Å². The Labute approximate surface area is 126 Å². The van der Waals surface area contributed by atoms with Crippen LogP contribution in [0.15, 0.2) is 18.2 Å². The number of aryl methyl sites for hydroxylation is 2. The molecular formula is C15H23ClN2O2. The van der Waals surface area contributed by atoms with Crippen LogP contribution in [0.25, 0.3) is 0 Å². The van der Waals surface area contributed by atoms with E-state index in [1.54, 1.807) is 0 Å². The monoisotopic (exact) mass is 298 g/mol. The maximum absolute atomic E-state index is 12.1. The molecule has 1 aromatic rings. The number of nitrogens with one attached hydrogen (secondary N) is 1. The van der Waals surface area contributed by atoms with Crippen LogP contribution in [0, 0.1) is 13.8 Å². The van der Waals surface area contributed by atoms with Gasteiger partial charge in [0.2, 0.25) is 0 Å². The van der Waals surface area contributed by atoms with E-state index in [9.17, 15) is 4.79 Å². The number of carbonyl (C=O) groups is 1. The topological polar surface area (TPSA) is 41.6 Å². The van der Waals surface area contributed by atoms with E-state index in [1.165, 1.54) is 5.56 Å². The smallest absolute Gasteiger partial charge is 0.260 e. The third-order valence-corrected chi connectivity index (χ3v) is 3.50. The maximum atomic E-state index is 12.1. The Bertz CT molecular complexity index is 465. The second-order valence-corrected chi connectivity index (χ2v) is 5.20. The number of halogens is 1. The van der Waals surface area contributed by atoms with Gasteiger partial charge in [0.25, 0.3) is 5.91 Å². The van der Waals surface area contributed by atoms with Crippen molar-refractivity contribution in [2.75, 3.05) is 26.2 Å². The molecule has 5 heteroatoms. The van der Waals surface area contributed by atoms with E-state index in [1.807, 2.05) is 30.9 Å². The zero-order chi connectivity index (χ0) is 13.8. The molecule has 1 aliphatic heterocycles. The van der Waals surface area contributed by atoms with Crippen molar-refractivity contribution < 1.29 is 9.53 Å². The number of nitrogens with zero attached hydrogens (tertiary/aromatic N) is 1. The molecule has 1 heterocycles. The molecule has 1 fully saturated rings. The van der Waals surface area contributed by atoms with Crippen LogP contribution in [-0.4, -0.2) is 43.1 Å². The Hall–Kier alpha value is -1.26. The second-order valence-electron chi connectivity index (χ2n) is 5.20. The van der Waals surface area contributed by atoms with Crippen molar-refractivity contribution in [1.82, 2.24) is 10.2 Å². The zero-order valence-electron chi connectivity index (χ0n) is 12.3. The largest absolute Gasteiger partial charge is 0.484 e. The van der Waals surface area contributed by atoms with Crippen molar-refractivity contribution >= 4 is 18.3 Å². The second kappa shape index (κ2) is 7.50. The maximum Gasteiger partial charge on any atom is 0.260 e. The molecule has 1 unspecified atom stereocenters. The normalized spacial score (nSPS) is 18.4. The van der Waals surface area contributed by atoms with Crippen molar-refractivity contribution in [2.24, 2.45) is 0 Å². The molecule has 1 aliphatic rings. The highest BCUT2D eigenvalue weighted by molar-refractivity contribution is 5.85. The number of carbonyl (C=O) groups excluding carboxylic acids is 1. The standard InChI is InChI=1S/C15H22N2O2.ClH/c1-11-4-5-14(12(2)8-11)19-10-15(18)17-7-6-16-9-13(17)3;/h4-5,8,13,16H,6-7,9-10H2,1-3H3;1H. The van der Waals surface area contributed by atoms with E-state index >= 15 is 0 Å². The van der Waals surface area contributed by atoms with Crippen LogP contribution in [0.3, 0.4) is 0 Å². The molecule has 4 nitrogen and oxygen atoms in total. The number of ether oxygens (including phenoxy) is 1. The summed E-state index contributed by atoms with van der Waals surface area (Å²) in [7, 11) is 0. The first kappa shape index (κ1) is 16.8. The molecule has 1 N–H and O–H groups in total. The summed E-state index contributed by atoms with van der Waals surface area (Å²) < 4.78 is 5.64. The summed E-state index contributed by atoms with van der Waals surface area (Å²) >= 11 is 0. The first-order chi connectivity index (χ1) is 9.08. The fraction of sp³-hybridized carbons (Fsp3) is 0.533. The van der Waals surface area contributed by atoms with Crippen molar-refractivity contribution in [3.8, 4) is 5.75 Å². The Morgan fingerprint density at radius 1 is 1.45 bits per heavy atom. The summed E-state index contributed by atoms with van der Waals surface area (Å²) in [5.74, 6) is 0.857. The third-order valence-electron chi connectivity index (χ3n) is 3.50. The third kappa shape index (κ3) is 4.12. The van der Waals surface area contributed by atoms with Gasteiger partial charge in [-0.05, 0) is 32.4 Å². The van der Waals surface area contributed by atoms with E-state index in [0.29, 0.717) is 0 Å². The first-order valence-corrected chi connectivity index (χ1v) is 6.78. The van der Waals surface area contributed by atoms with Gasteiger partial charge in [0.1, 0.15) is 5.75 Å².